The summed E-state index contributed by atoms with van der Waals surface area (Å²) in [5, 5.41) is 3.23. The van der Waals surface area contributed by atoms with Gasteiger partial charge < -0.3 is 19.4 Å². The molecular weight excluding hydrogens is 368 g/mol. The first-order valence-electron chi connectivity index (χ1n) is 9.78. The number of carbonyl (C=O) groups is 1. The maximum Gasteiger partial charge on any atom is 0.253 e. The Morgan fingerprint density at radius 3 is 2.93 bits per heavy atom. The zero-order chi connectivity index (χ0) is 19.7. The van der Waals surface area contributed by atoms with Crippen LogP contribution in [0.1, 0.15) is 33.8 Å². The van der Waals surface area contributed by atoms with Gasteiger partial charge in [-0.2, -0.15) is 0 Å². The third-order valence-electron chi connectivity index (χ3n) is 5.67. The number of rotatable bonds is 4. The van der Waals surface area contributed by atoms with E-state index in [0.717, 1.165) is 23.4 Å². The van der Waals surface area contributed by atoms with Gasteiger partial charge in [-0.15, -0.1) is 0 Å². The van der Waals surface area contributed by atoms with Gasteiger partial charge in [-0.1, -0.05) is 18.2 Å². The van der Waals surface area contributed by atoms with E-state index in [-0.39, 0.29) is 11.3 Å². The number of carbonyl (C=O) groups excluding carboxylic acids is 1. The van der Waals surface area contributed by atoms with Gasteiger partial charge in [0.1, 0.15) is 5.76 Å². The van der Waals surface area contributed by atoms with Crippen LogP contribution in [0.5, 0.6) is 0 Å². The van der Waals surface area contributed by atoms with E-state index in [0.29, 0.717) is 44.4 Å². The highest BCUT2D eigenvalue weighted by Gasteiger charge is 2.46. The molecule has 2 aliphatic rings. The van der Waals surface area contributed by atoms with Crippen LogP contribution in [0.2, 0.25) is 0 Å². The zero-order valence-corrected chi connectivity index (χ0v) is 16.0. The van der Waals surface area contributed by atoms with Gasteiger partial charge in [-0.25, -0.2) is 9.97 Å². The Kier molecular flexibility index (Phi) is 4.52. The van der Waals surface area contributed by atoms with Crippen LogP contribution in [-0.4, -0.2) is 40.5 Å². The standard InChI is InChI=1S/C22H22N4O3/c27-20(16-5-2-1-3-6-16)26-9-8-22(14-26)15-28-13-17-11-23-21(25-19(17)22)24-12-18-7-4-10-29-18/h1-7,10-11H,8-9,12-15H2,(H,23,24,25)/t22-/m0/s1. The number of anilines is 1. The molecule has 1 aromatic carbocycles. The summed E-state index contributed by atoms with van der Waals surface area (Å²) >= 11 is 0. The lowest BCUT2D eigenvalue weighted by Crippen LogP contribution is -2.41. The van der Waals surface area contributed by atoms with Crippen molar-refractivity contribution in [2.24, 2.45) is 0 Å². The second kappa shape index (κ2) is 7.33. The van der Waals surface area contributed by atoms with Gasteiger partial charge in [0.05, 0.1) is 37.1 Å². The lowest BCUT2D eigenvalue weighted by molar-refractivity contribution is 0.0485. The van der Waals surface area contributed by atoms with Crippen LogP contribution < -0.4 is 5.32 Å². The molecule has 0 aliphatic carbocycles. The van der Waals surface area contributed by atoms with Gasteiger partial charge in [0.25, 0.3) is 5.91 Å². The van der Waals surface area contributed by atoms with E-state index in [1.807, 2.05) is 53.6 Å². The van der Waals surface area contributed by atoms with Crippen LogP contribution in [0, 0.1) is 0 Å². The molecule has 0 radical (unpaired) electrons. The first-order valence-corrected chi connectivity index (χ1v) is 9.78. The molecule has 1 spiro atoms. The first-order chi connectivity index (χ1) is 14.2. The SMILES string of the molecule is O=C(c1ccccc1)N1CC[C@@]2(COCc3cnc(NCc4ccco4)nc32)C1. The number of aromatic nitrogens is 2. The van der Waals surface area contributed by atoms with Crippen molar-refractivity contribution in [3.05, 3.63) is 77.5 Å². The molecule has 0 unspecified atom stereocenters. The van der Waals surface area contributed by atoms with Crippen molar-refractivity contribution >= 4 is 11.9 Å². The summed E-state index contributed by atoms with van der Waals surface area (Å²) < 4.78 is 11.2. The lowest BCUT2D eigenvalue weighted by Gasteiger charge is -2.34. The Morgan fingerprint density at radius 2 is 2.10 bits per heavy atom. The largest absolute Gasteiger partial charge is 0.467 e. The summed E-state index contributed by atoms with van der Waals surface area (Å²) in [5.41, 5.74) is 2.41. The second-order valence-corrected chi connectivity index (χ2v) is 7.62. The number of fused-ring (bicyclic) bond motifs is 2. The van der Waals surface area contributed by atoms with E-state index < -0.39 is 0 Å². The number of amides is 1. The number of likely N-dealkylation sites (tertiary alicyclic amines) is 1. The van der Waals surface area contributed by atoms with Crippen LogP contribution >= 0.6 is 0 Å². The average molecular weight is 390 g/mol. The fourth-order valence-electron chi connectivity index (χ4n) is 4.18. The molecule has 1 amide bonds. The molecule has 2 aromatic heterocycles. The molecule has 1 fully saturated rings. The van der Waals surface area contributed by atoms with Gasteiger partial charge in [0.15, 0.2) is 0 Å². The molecule has 7 nitrogen and oxygen atoms in total. The van der Waals surface area contributed by atoms with Crippen molar-refractivity contribution in [2.75, 3.05) is 25.0 Å². The molecule has 7 heteroatoms. The normalized spacial score (nSPS) is 20.6. The Morgan fingerprint density at radius 1 is 1.21 bits per heavy atom. The monoisotopic (exact) mass is 390 g/mol. The first kappa shape index (κ1) is 17.9. The third kappa shape index (κ3) is 3.38. The highest BCUT2D eigenvalue weighted by atomic mass is 16.5. The fraction of sp³-hybridized carbons (Fsp3) is 0.318. The van der Waals surface area contributed by atoms with E-state index in [1.165, 1.54) is 0 Å². The quantitative estimate of drug-likeness (QED) is 0.738. The van der Waals surface area contributed by atoms with E-state index >= 15 is 0 Å². The molecule has 1 N–H and O–H groups in total. The molecule has 4 heterocycles. The van der Waals surface area contributed by atoms with Gasteiger partial charge in [-0.05, 0) is 30.7 Å². The Hall–Kier alpha value is -3.19. The smallest absolute Gasteiger partial charge is 0.253 e. The molecule has 148 valence electrons. The molecule has 0 bridgehead atoms. The van der Waals surface area contributed by atoms with Crippen LogP contribution in [-0.2, 0) is 23.3 Å². The average Bonchev–Trinajstić information content (AvgIpc) is 3.44. The molecule has 1 saturated heterocycles. The zero-order valence-electron chi connectivity index (χ0n) is 16.0. The third-order valence-corrected chi connectivity index (χ3v) is 5.67. The number of hydrogen-bond donors (Lipinski definition) is 1. The molecule has 0 saturated carbocycles. The van der Waals surface area contributed by atoms with Gasteiger partial charge in [0, 0.05) is 30.4 Å². The maximum absolute atomic E-state index is 12.9. The number of ether oxygens (including phenoxy) is 1. The van der Waals surface area contributed by atoms with E-state index in [9.17, 15) is 4.79 Å². The molecule has 2 aliphatic heterocycles. The molecular formula is C22H22N4O3. The second-order valence-electron chi connectivity index (χ2n) is 7.62. The topological polar surface area (TPSA) is 80.5 Å². The fourth-order valence-corrected chi connectivity index (χ4v) is 4.18. The highest BCUT2D eigenvalue weighted by molar-refractivity contribution is 5.94. The highest BCUT2D eigenvalue weighted by Crippen LogP contribution is 2.39. The van der Waals surface area contributed by atoms with E-state index in [2.05, 4.69) is 10.3 Å². The van der Waals surface area contributed by atoms with Crippen molar-refractivity contribution < 1.29 is 13.9 Å². The minimum atomic E-state index is -0.290. The minimum Gasteiger partial charge on any atom is -0.467 e. The number of hydrogen-bond acceptors (Lipinski definition) is 6. The van der Waals surface area contributed by atoms with E-state index in [4.69, 9.17) is 14.1 Å². The van der Waals surface area contributed by atoms with Crippen LogP contribution in [0.25, 0.3) is 0 Å². The predicted molar refractivity (Wildman–Crippen MR) is 106 cm³/mol. The van der Waals surface area contributed by atoms with Crippen molar-refractivity contribution in [1.82, 2.24) is 14.9 Å². The number of furan rings is 1. The molecule has 5 rings (SSSR count). The van der Waals surface area contributed by atoms with Crippen LogP contribution in [0.15, 0.2) is 59.3 Å². The van der Waals surface area contributed by atoms with Gasteiger partial charge in [0.2, 0.25) is 5.95 Å². The Labute approximate surface area is 168 Å². The molecule has 29 heavy (non-hydrogen) atoms. The van der Waals surface area contributed by atoms with Gasteiger partial charge >= 0.3 is 0 Å². The number of nitrogens with zero attached hydrogens (tertiary/aromatic N) is 3. The summed E-state index contributed by atoms with van der Waals surface area (Å²) in [6, 6.07) is 13.2. The van der Waals surface area contributed by atoms with Crippen molar-refractivity contribution in [3.8, 4) is 0 Å². The Bertz CT molecular complexity index is 1010. The molecule has 1 atom stereocenters. The number of benzene rings is 1. The van der Waals surface area contributed by atoms with Crippen molar-refractivity contribution in [2.45, 2.75) is 25.0 Å². The Balaban J connectivity index is 1.38. The minimum absolute atomic E-state index is 0.0554. The number of nitrogens with one attached hydrogen (secondary N) is 1. The predicted octanol–water partition coefficient (Wildman–Crippen LogP) is 3.00. The van der Waals surface area contributed by atoms with E-state index in [1.54, 1.807) is 6.26 Å². The van der Waals surface area contributed by atoms with Gasteiger partial charge in [-0.3, -0.25) is 4.79 Å². The lowest BCUT2D eigenvalue weighted by atomic mass is 9.80. The summed E-state index contributed by atoms with van der Waals surface area (Å²) in [7, 11) is 0. The summed E-state index contributed by atoms with van der Waals surface area (Å²) in [6.45, 7) is 2.88. The summed E-state index contributed by atoms with van der Waals surface area (Å²) in [6.07, 6.45) is 4.30. The summed E-state index contributed by atoms with van der Waals surface area (Å²) in [5.74, 6) is 1.44. The van der Waals surface area contributed by atoms with Crippen LogP contribution in [0.4, 0.5) is 5.95 Å². The molecule has 3 aromatic rings. The van der Waals surface area contributed by atoms with Crippen molar-refractivity contribution in [3.63, 3.8) is 0 Å². The summed E-state index contributed by atoms with van der Waals surface area (Å²) in [4.78, 5) is 24.1. The van der Waals surface area contributed by atoms with Crippen molar-refractivity contribution in [1.29, 1.82) is 0 Å². The maximum atomic E-state index is 12.9. The van der Waals surface area contributed by atoms with Crippen LogP contribution in [0.3, 0.4) is 0 Å².